The van der Waals surface area contributed by atoms with Crippen molar-refractivity contribution >= 4 is 24.5 Å². The predicted molar refractivity (Wildman–Crippen MR) is 79.3 cm³/mol. The Balaban J connectivity index is 2.58. The molecule has 1 rings (SSSR count). The van der Waals surface area contributed by atoms with Crippen LogP contribution in [0.5, 0.6) is 5.75 Å². The van der Waals surface area contributed by atoms with Gasteiger partial charge >= 0.3 is 5.97 Å². The quantitative estimate of drug-likeness (QED) is 0.634. The molecular formula is C14H19NO4S. The number of carboxylic acids is 1. The van der Waals surface area contributed by atoms with Gasteiger partial charge in [-0.3, -0.25) is 9.59 Å². The third-order valence-electron chi connectivity index (χ3n) is 2.72. The summed E-state index contributed by atoms with van der Waals surface area (Å²) >= 11 is 4.15. The van der Waals surface area contributed by atoms with Crippen LogP contribution >= 0.6 is 12.6 Å². The topological polar surface area (TPSA) is 75.6 Å². The molecule has 0 aromatic heterocycles. The van der Waals surface area contributed by atoms with Gasteiger partial charge in [0.15, 0.2) is 0 Å². The van der Waals surface area contributed by atoms with E-state index in [2.05, 4.69) is 17.9 Å². The van der Waals surface area contributed by atoms with Gasteiger partial charge in [-0.25, -0.2) is 0 Å². The molecule has 0 saturated heterocycles. The molecule has 5 nitrogen and oxygen atoms in total. The standard InChI is InChI=1S/C14H19NO4S/c1-2-19-12-5-3-10(4-6-12)7-11(9-20)14(18)15-8-13(16)17/h3-6,11,20H,2,7-9H2,1H3,(H,15,18)(H,16,17). The minimum absolute atomic E-state index is 0.295. The summed E-state index contributed by atoms with van der Waals surface area (Å²) in [6, 6.07) is 7.49. The van der Waals surface area contributed by atoms with Crippen LogP contribution in [0.4, 0.5) is 0 Å². The molecule has 1 atom stereocenters. The van der Waals surface area contributed by atoms with Gasteiger partial charge in [0.25, 0.3) is 0 Å². The highest BCUT2D eigenvalue weighted by Crippen LogP contribution is 2.16. The monoisotopic (exact) mass is 297 g/mol. The van der Waals surface area contributed by atoms with Crippen molar-refractivity contribution in [3.63, 3.8) is 0 Å². The van der Waals surface area contributed by atoms with Gasteiger partial charge in [-0.15, -0.1) is 0 Å². The first-order valence-electron chi connectivity index (χ1n) is 6.39. The zero-order valence-electron chi connectivity index (χ0n) is 11.3. The molecule has 1 aromatic rings. The fraction of sp³-hybridized carbons (Fsp3) is 0.429. The van der Waals surface area contributed by atoms with Gasteiger partial charge < -0.3 is 15.2 Å². The lowest BCUT2D eigenvalue weighted by molar-refractivity contribution is -0.138. The van der Waals surface area contributed by atoms with E-state index in [0.29, 0.717) is 18.8 Å². The average molecular weight is 297 g/mol. The molecule has 0 bridgehead atoms. The normalized spacial score (nSPS) is 11.7. The number of carbonyl (C=O) groups is 2. The first kappa shape index (κ1) is 16.4. The molecule has 1 aromatic carbocycles. The van der Waals surface area contributed by atoms with Gasteiger partial charge in [0.05, 0.1) is 12.5 Å². The van der Waals surface area contributed by atoms with Crippen molar-refractivity contribution in [3.8, 4) is 5.75 Å². The van der Waals surface area contributed by atoms with Crippen molar-refractivity contribution in [3.05, 3.63) is 29.8 Å². The predicted octanol–water partition coefficient (Wildman–Crippen LogP) is 1.37. The molecule has 6 heteroatoms. The summed E-state index contributed by atoms with van der Waals surface area (Å²) in [6.45, 7) is 2.15. The molecule has 0 aliphatic carbocycles. The van der Waals surface area contributed by atoms with Crippen molar-refractivity contribution in [1.29, 1.82) is 0 Å². The number of carbonyl (C=O) groups excluding carboxylic acids is 1. The lowest BCUT2D eigenvalue weighted by atomic mass is 10.00. The SMILES string of the molecule is CCOc1ccc(CC(CS)C(=O)NCC(=O)O)cc1. The number of ether oxygens (including phenoxy) is 1. The number of aliphatic carboxylic acids is 1. The largest absolute Gasteiger partial charge is 0.494 e. The minimum atomic E-state index is -1.06. The lowest BCUT2D eigenvalue weighted by Gasteiger charge is -2.14. The summed E-state index contributed by atoms with van der Waals surface area (Å²) in [4.78, 5) is 22.2. The number of hydrogen-bond acceptors (Lipinski definition) is 4. The van der Waals surface area contributed by atoms with E-state index in [0.717, 1.165) is 11.3 Å². The first-order chi connectivity index (χ1) is 9.56. The van der Waals surface area contributed by atoms with Crippen molar-refractivity contribution in [2.24, 2.45) is 5.92 Å². The van der Waals surface area contributed by atoms with E-state index < -0.39 is 5.97 Å². The number of hydrogen-bond donors (Lipinski definition) is 3. The van der Waals surface area contributed by atoms with Crippen LogP contribution in [0, 0.1) is 5.92 Å². The van der Waals surface area contributed by atoms with Gasteiger partial charge in [0.2, 0.25) is 5.91 Å². The van der Waals surface area contributed by atoms with Gasteiger partial charge in [-0.2, -0.15) is 12.6 Å². The molecular weight excluding hydrogens is 278 g/mol. The van der Waals surface area contributed by atoms with Gasteiger partial charge in [-0.05, 0) is 31.0 Å². The van der Waals surface area contributed by atoms with Crippen molar-refractivity contribution in [2.75, 3.05) is 18.9 Å². The van der Waals surface area contributed by atoms with Crippen molar-refractivity contribution < 1.29 is 19.4 Å². The number of amides is 1. The van der Waals surface area contributed by atoms with Crippen LogP contribution < -0.4 is 10.1 Å². The number of benzene rings is 1. The van der Waals surface area contributed by atoms with E-state index in [1.807, 2.05) is 31.2 Å². The van der Waals surface area contributed by atoms with E-state index >= 15 is 0 Å². The zero-order chi connectivity index (χ0) is 15.0. The van der Waals surface area contributed by atoms with Crippen LogP contribution in [-0.2, 0) is 16.0 Å². The molecule has 2 N–H and O–H groups in total. The summed E-state index contributed by atoms with van der Waals surface area (Å²) in [5.41, 5.74) is 0.984. The third kappa shape index (κ3) is 5.52. The van der Waals surface area contributed by atoms with Crippen LogP contribution in [-0.4, -0.2) is 35.9 Å². The summed E-state index contributed by atoms with van der Waals surface area (Å²) in [5.74, 6) is -0.559. The Bertz CT molecular complexity index is 447. The highest BCUT2D eigenvalue weighted by atomic mass is 32.1. The van der Waals surface area contributed by atoms with Gasteiger partial charge in [-0.1, -0.05) is 12.1 Å². The Labute approximate surface area is 123 Å². The highest BCUT2D eigenvalue weighted by Gasteiger charge is 2.17. The van der Waals surface area contributed by atoms with Crippen LogP contribution in [0.3, 0.4) is 0 Å². The Kier molecular flexibility index (Phi) is 6.93. The molecule has 1 amide bonds. The fourth-order valence-electron chi connectivity index (χ4n) is 1.72. The molecule has 0 fully saturated rings. The van der Waals surface area contributed by atoms with Crippen LogP contribution in [0.1, 0.15) is 12.5 Å². The summed E-state index contributed by atoms with van der Waals surface area (Å²) < 4.78 is 5.34. The fourth-order valence-corrected chi connectivity index (χ4v) is 2.02. The van der Waals surface area contributed by atoms with Crippen molar-refractivity contribution in [1.82, 2.24) is 5.32 Å². The van der Waals surface area contributed by atoms with E-state index in [4.69, 9.17) is 9.84 Å². The Morgan fingerprint density at radius 1 is 1.35 bits per heavy atom. The molecule has 0 radical (unpaired) electrons. The summed E-state index contributed by atoms with van der Waals surface area (Å²) in [6.07, 6.45) is 0.515. The van der Waals surface area contributed by atoms with E-state index in [-0.39, 0.29) is 18.4 Å². The van der Waals surface area contributed by atoms with Gasteiger partial charge in [0.1, 0.15) is 12.3 Å². The molecule has 0 aliphatic heterocycles. The Morgan fingerprint density at radius 3 is 2.50 bits per heavy atom. The lowest BCUT2D eigenvalue weighted by Crippen LogP contribution is -2.36. The summed E-state index contributed by atoms with van der Waals surface area (Å²) in [7, 11) is 0. The Hall–Kier alpha value is -1.69. The molecule has 1 unspecified atom stereocenters. The third-order valence-corrected chi connectivity index (χ3v) is 3.16. The average Bonchev–Trinajstić information content (AvgIpc) is 2.44. The zero-order valence-corrected chi connectivity index (χ0v) is 12.2. The van der Waals surface area contributed by atoms with Crippen molar-refractivity contribution in [2.45, 2.75) is 13.3 Å². The van der Waals surface area contributed by atoms with E-state index in [1.165, 1.54) is 0 Å². The maximum absolute atomic E-state index is 11.8. The molecule has 0 spiro atoms. The van der Waals surface area contributed by atoms with Crippen LogP contribution in [0.25, 0.3) is 0 Å². The number of nitrogens with one attached hydrogen (secondary N) is 1. The van der Waals surface area contributed by atoms with Gasteiger partial charge in [0, 0.05) is 5.75 Å². The second-order valence-corrected chi connectivity index (χ2v) is 4.64. The van der Waals surface area contributed by atoms with E-state index in [9.17, 15) is 9.59 Å². The minimum Gasteiger partial charge on any atom is -0.494 e. The second-order valence-electron chi connectivity index (χ2n) is 4.27. The number of thiol groups is 1. The van der Waals surface area contributed by atoms with Crippen LogP contribution in [0.15, 0.2) is 24.3 Å². The van der Waals surface area contributed by atoms with Crippen LogP contribution in [0.2, 0.25) is 0 Å². The second kappa shape index (κ2) is 8.47. The molecule has 110 valence electrons. The van der Waals surface area contributed by atoms with E-state index in [1.54, 1.807) is 0 Å². The number of rotatable bonds is 8. The molecule has 0 heterocycles. The maximum atomic E-state index is 11.8. The first-order valence-corrected chi connectivity index (χ1v) is 7.02. The smallest absolute Gasteiger partial charge is 0.322 e. The molecule has 0 saturated carbocycles. The number of carboxylic acid groups (broad SMARTS) is 1. The summed E-state index contributed by atoms with van der Waals surface area (Å²) in [5, 5.41) is 10.9. The maximum Gasteiger partial charge on any atom is 0.322 e. The molecule has 0 aliphatic rings. The highest BCUT2D eigenvalue weighted by molar-refractivity contribution is 7.80. The molecule has 20 heavy (non-hydrogen) atoms. The Morgan fingerprint density at radius 2 is 2.00 bits per heavy atom.